The summed E-state index contributed by atoms with van der Waals surface area (Å²) in [5.74, 6) is 0.298. The van der Waals surface area contributed by atoms with E-state index in [0.29, 0.717) is 5.75 Å². The van der Waals surface area contributed by atoms with Crippen molar-refractivity contribution in [3.8, 4) is 0 Å². The molecule has 0 unspecified atom stereocenters. The van der Waals surface area contributed by atoms with Crippen LogP contribution in [0.25, 0.3) is 11.0 Å². The molecule has 5 heteroatoms. The molecule has 2 aromatic carbocycles. The van der Waals surface area contributed by atoms with Gasteiger partial charge in [0.2, 0.25) is 5.91 Å². The highest BCUT2D eigenvalue weighted by atomic mass is 32.2. The van der Waals surface area contributed by atoms with Crippen LogP contribution in [-0.2, 0) is 4.79 Å². The van der Waals surface area contributed by atoms with Gasteiger partial charge in [-0.3, -0.25) is 4.79 Å². The molecule has 3 rings (SSSR count). The number of carbonyl (C=O) groups is 1. The highest BCUT2D eigenvalue weighted by molar-refractivity contribution is 7.99. The van der Waals surface area contributed by atoms with Crippen LogP contribution in [0.5, 0.6) is 0 Å². The first-order chi connectivity index (χ1) is 10.6. The summed E-state index contributed by atoms with van der Waals surface area (Å²) in [6, 6.07) is 13.7. The molecule has 0 atom stereocenters. The van der Waals surface area contributed by atoms with Crippen molar-refractivity contribution in [2.45, 2.75) is 19.0 Å². The van der Waals surface area contributed by atoms with Crippen LogP contribution in [-0.4, -0.2) is 21.6 Å². The molecular weight excluding hydrogens is 294 g/mol. The molecule has 1 heterocycles. The molecule has 0 spiro atoms. The molecule has 0 aliphatic rings. The van der Waals surface area contributed by atoms with Gasteiger partial charge in [0.25, 0.3) is 0 Å². The van der Waals surface area contributed by atoms with E-state index in [1.807, 2.05) is 56.3 Å². The van der Waals surface area contributed by atoms with Crippen LogP contribution < -0.4 is 5.32 Å². The maximum absolute atomic E-state index is 12.1. The van der Waals surface area contributed by atoms with Gasteiger partial charge in [0.15, 0.2) is 5.16 Å². The first kappa shape index (κ1) is 14.7. The van der Waals surface area contributed by atoms with E-state index in [-0.39, 0.29) is 5.91 Å². The maximum Gasteiger partial charge on any atom is 0.234 e. The molecule has 0 aliphatic heterocycles. The molecule has 0 saturated carbocycles. The highest BCUT2D eigenvalue weighted by Gasteiger charge is 2.09. The number of aromatic amines is 1. The first-order valence-electron chi connectivity index (χ1n) is 7.07. The molecule has 0 bridgehead atoms. The lowest BCUT2D eigenvalue weighted by Gasteiger charge is -2.09. The van der Waals surface area contributed by atoms with Crippen LogP contribution in [0, 0.1) is 13.8 Å². The molecule has 1 amide bonds. The SMILES string of the molecule is Cc1cccc(NC(=O)CSc2nc3ccccc3[nH]2)c1C. The fourth-order valence-electron chi connectivity index (χ4n) is 2.20. The Labute approximate surface area is 133 Å². The Kier molecular flexibility index (Phi) is 4.15. The number of thioether (sulfide) groups is 1. The summed E-state index contributed by atoms with van der Waals surface area (Å²) in [5, 5.41) is 3.72. The predicted octanol–water partition coefficient (Wildman–Crippen LogP) is 3.91. The summed E-state index contributed by atoms with van der Waals surface area (Å²) >= 11 is 1.40. The molecule has 0 saturated heterocycles. The summed E-state index contributed by atoms with van der Waals surface area (Å²) in [5.41, 5.74) is 5.04. The number of para-hydroxylation sites is 2. The normalized spacial score (nSPS) is 10.8. The fraction of sp³-hybridized carbons (Fsp3) is 0.176. The molecule has 2 N–H and O–H groups in total. The topological polar surface area (TPSA) is 57.8 Å². The van der Waals surface area contributed by atoms with Crippen LogP contribution in [0.2, 0.25) is 0 Å². The molecule has 22 heavy (non-hydrogen) atoms. The molecule has 1 aromatic heterocycles. The minimum Gasteiger partial charge on any atom is -0.333 e. The molecule has 0 aliphatic carbocycles. The Morgan fingerprint density at radius 1 is 1.18 bits per heavy atom. The Balaban J connectivity index is 1.63. The standard InChI is InChI=1S/C17H17N3OS/c1-11-6-5-9-13(12(11)2)18-16(21)10-22-17-19-14-7-3-4-8-15(14)20-17/h3-9H,10H2,1-2H3,(H,18,21)(H,19,20). The number of aryl methyl sites for hydroxylation is 1. The summed E-state index contributed by atoms with van der Waals surface area (Å²) < 4.78 is 0. The first-order valence-corrected chi connectivity index (χ1v) is 8.05. The van der Waals surface area contributed by atoms with E-state index >= 15 is 0 Å². The summed E-state index contributed by atoms with van der Waals surface area (Å²) in [6.45, 7) is 4.05. The number of nitrogens with zero attached hydrogens (tertiary/aromatic N) is 1. The van der Waals surface area contributed by atoms with E-state index in [9.17, 15) is 4.79 Å². The van der Waals surface area contributed by atoms with Gasteiger partial charge in [0, 0.05) is 5.69 Å². The zero-order valence-corrected chi connectivity index (χ0v) is 13.3. The number of hydrogen-bond acceptors (Lipinski definition) is 3. The van der Waals surface area contributed by atoms with Crippen molar-refractivity contribution in [3.05, 3.63) is 53.6 Å². The van der Waals surface area contributed by atoms with Crippen molar-refractivity contribution >= 4 is 34.4 Å². The quantitative estimate of drug-likeness (QED) is 0.718. The minimum absolute atomic E-state index is 0.0286. The smallest absolute Gasteiger partial charge is 0.234 e. The van der Waals surface area contributed by atoms with Crippen molar-refractivity contribution in [1.82, 2.24) is 9.97 Å². The van der Waals surface area contributed by atoms with Crippen molar-refractivity contribution in [2.24, 2.45) is 0 Å². The molecular formula is C17H17N3OS. The number of H-pyrrole nitrogens is 1. The lowest BCUT2D eigenvalue weighted by atomic mass is 10.1. The highest BCUT2D eigenvalue weighted by Crippen LogP contribution is 2.21. The van der Waals surface area contributed by atoms with E-state index in [1.54, 1.807) is 0 Å². The second-order valence-corrected chi connectivity index (χ2v) is 6.11. The Morgan fingerprint density at radius 3 is 2.82 bits per heavy atom. The third-order valence-corrected chi connectivity index (χ3v) is 4.46. The van der Waals surface area contributed by atoms with Crippen molar-refractivity contribution in [3.63, 3.8) is 0 Å². The van der Waals surface area contributed by atoms with Gasteiger partial charge in [0.05, 0.1) is 16.8 Å². The molecule has 3 aromatic rings. The average molecular weight is 311 g/mol. The van der Waals surface area contributed by atoms with Crippen molar-refractivity contribution in [2.75, 3.05) is 11.1 Å². The van der Waals surface area contributed by atoms with Gasteiger partial charge in [-0.2, -0.15) is 0 Å². The minimum atomic E-state index is -0.0286. The predicted molar refractivity (Wildman–Crippen MR) is 91.4 cm³/mol. The van der Waals surface area contributed by atoms with E-state index in [2.05, 4.69) is 15.3 Å². The number of hydrogen-bond donors (Lipinski definition) is 2. The second kappa shape index (κ2) is 6.23. The summed E-state index contributed by atoms with van der Waals surface area (Å²) in [7, 11) is 0. The van der Waals surface area contributed by atoms with Crippen LogP contribution in [0.4, 0.5) is 5.69 Å². The van der Waals surface area contributed by atoms with E-state index in [1.165, 1.54) is 17.3 Å². The number of amides is 1. The molecule has 0 radical (unpaired) electrons. The third kappa shape index (κ3) is 3.14. The Hall–Kier alpha value is -2.27. The largest absolute Gasteiger partial charge is 0.333 e. The van der Waals surface area contributed by atoms with Gasteiger partial charge in [-0.05, 0) is 43.2 Å². The van der Waals surface area contributed by atoms with Crippen molar-refractivity contribution < 1.29 is 4.79 Å². The number of imidazole rings is 1. The number of fused-ring (bicyclic) bond motifs is 1. The van der Waals surface area contributed by atoms with Gasteiger partial charge in [-0.15, -0.1) is 0 Å². The molecule has 0 fully saturated rings. The summed E-state index contributed by atoms with van der Waals surface area (Å²) in [4.78, 5) is 19.7. The van der Waals surface area contributed by atoms with E-state index in [4.69, 9.17) is 0 Å². The molecule has 4 nitrogen and oxygen atoms in total. The number of anilines is 1. The number of aromatic nitrogens is 2. The van der Waals surface area contributed by atoms with Crippen LogP contribution in [0.3, 0.4) is 0 Å². The van der Waals surface area contributed by atoms with Gasteiger partial charge in [-0.1, -0.05) is 36.0 Å². The van der Waals surface area contributed by atoms with Gasteiger partial charge in [0.1, 0.15) is 0 Å². The van der Waals surface area contributed by atoms with Crippen LogP contribution in [0.15, 0.2) is 47.6 Å². The van der Waals surface area contributed by atoms with Crippen LogP contribution >= 0.6 is 11.8 Å². The number of nitrogens with one attached hydrogen (secondary N) is 2. The summed E-state index contributed by atoms with van der Waals surface area (Å²) in [6.07, 6.45) is 0. The monoisotopic (exact) mass is 311 g/mol. The third-order valence-electron chi connectivity index (χ3n) is 3.59. The zero-order chi connectivity index (χ0) is 15.5. The Morgan fingerprint density at radius 2 is 2.00 bits per heavy atom. The molecule has 112 valence electrons. The lowest BCUT2D eigenvalue weighted by Crippen LogP contribution is -2.15. The van der Waals surface area contributed by atoms with Crippen LogP contribution in [0.1, 0.15) is 11.1 Å². The second-order valence-electron chi connectivity index (χ2n) is 5.14. The Bertz CT molecular complexity index is 793. The maximum atomic E-state index is 12.1. The van der Waals surface area contributed by atoms with Gasteiger partial charge in [-0.25, -0.2) is 4.98 Å². The van der Waals surface area contributed by atoms with Gasteiger partial charge >= 0.3 is 0 Å². The zero-order valence-electron chi connectivity index (χ0n) is 12.5. The van der Waals surface area contributed by atoms with Gasteiger partial charge < -0.3 is 10.3 Å². The number of carbonyl (C=O) groups excluding carboxylic acids is 1. The average Bonchev–Trinajstić information content (AvgIpc) is 2.93. The number of rotatable bonds is 4. The van der Waals surface area contributed by atoms with Crippen molar-refractivity contribution in [1.29, 1.82) is 0 Å². The van der Waals surface area contributed by atoms with E-state index < -0.39 is 0 Å². The number of benzene rings is 2. The van der Waals surface area contributed by atoms with E-state index in [0.717, 1.165) is 27.4 Å². The fourth-order valence-corrected chi connectivity index (χ4v) is 2.89. The lowest BCUT2D eigenvalue weighted by molar-refractivity contribution is -0.113.